The van der Waals surface area contributed by atoms with E-state index in [2.05, 4.69) is 87.5 Å². The molecule has 0 aliphatic carbocycles. The van der Waals surface area contributed by atoms with E-state index in [0.717, 1.165) is 29.3 Å². The summed E-state index contributed by atoms with van der Waals surface area (Å²) >= 11 is -2.37. The van der Waals surface area contributed by atoms with Crippen LogP contribution < -0.4 is 9.47 Å². The Kier molecular flexibility index (Phi) is 16.5. The minimum absolute atomic E-state index is 0.319. The summed E-state index contributed by atoms with van der Waals surface area (Å²) in [5.41, 5.74) is 5.84. The fraction of sp³-hybridized carbons (Fsp3) is 0.676. The van der Waals surface area contributed by atoms with Gasteiger partial charge in [0.15, 0.2) is 0 Å². The van der Waals surface area contributed by atoms with Gasteiger partial charge in [-0.25, -0.2) is 0 Å². The topological polar surface area (TPSA) is 36.9 Å². The van der Waals surface area contributed by atoms with Gasteiger partial charge in [-0.2, -0.15) is 0 Å². The van der Waals surface area contributed by atoms with E-state index in [0.29, 0.717) is 11.5 Å². The van der Waals surface area contributed by atoms with Crippen molar-refractivity contribution < 1.29 is 18.9 Å². The van der Waals surface area contributed by atoms with Crippen molar-refractivity contribution in [1.82, 2.24) is 0 Å². The molecule has 0 aromatic heterocycles. The molecule has 6 heteroatoms. The Balaban J connectivity index is 2.57. The summed E-state index contributed by atoms with van der Waals surface area (Å²) in [4.78, 5) is 0. The number of rotatable bonds is 18. The fourth-order valence-electron chi connectivity index (χ4n) is 6.27. The molecule has 2 rings (SSSR count). The van der Waals surface area contributed by atoms with Gasteiger partial charge in [-0.05, 0) is 0 Å². The molecule has 1 fully saturated rings. The molecular formula is C37H62O4SiSn. The summed E-state index contributed by atoms with van der Waals surface area (Å²) in [5, 5.41) is 0. The van der Waals surface area contributed by atoms with Gasteiger partial charge < -0.3 is 0 Å². The molecule has 1 saturated heterocycles. The zero-order valence-corrected chi connectivity index (χ0v) is 33.1. The number of hydrogen-bond acceptors (Lipinski definition) is 4. The first-order chi connectivity index (χ1) is 20.6. The predicted molar refractivity (Wildman–Crippen MR) is 190 cm³/mol. The normalized spacial score (nSPS) is 18.7. The molecule has 2 atom stereocenters. The third-order valence-electron chi connectivity index (χ3n) is 9.42. The molecule has 242 valence electrons. The van der Waals surface area contributed by atoms with E-state index in [1.807, 2.05) is 13.8 Å². The maximum absolute atomic E-state index is 6.57. The van der Waals surface area contributed by atoms with Gasteiger partial charge in [-0.1, -0.05) is 20.8 Å². The van der Waals surface area contributed by atoms with Crippen molar-refractivity contribution in [2.45, 2.75) is 143 Å². The molecule has 1 aliphatic rings. The zero-order valence-electron chi connectivity index (χ0n) is 29.2. The van der Waals surface area contributed by atoms with Crippen molar-refractivity contribution in [2.24, 2.45) is 0 Å². The Bertz CT molecular complexity index is 1070. The van der Waals surface area contributed by atoms with Gasteiger partial charge in [-0.15, -0.1) is 0 Å². The Labute approximate surface area is 270 Å². The minimum atomic E-state index is -2.37. The van der Waals surface area contributed by atoms with Crippen LogP contribution in [0.15, 0.2) is 28.4 Å². The average Bonchev–Trinajstić information content (AvgIpc) is 3.34. The molecule has 0 bridgehead atoms. The molecular weight excluding hydrogens is 655 g/mol. The van der Waals surface area contributed by atoms with Gasteiger partial charge in [0.05, 0.1) is 0 Å². The van der Waals surface area contributed by atoms with Crippen LogP contribution in [0.1, 0.15) is 111 Å². The van der Waals surface area contributed by atoms with Crippen molar-refractivity contribution >= 4 is 32.5 Å². The quantitative estimate of drug-likeness (QED) is 0.0861. The second-order valence-corrected chi connectivity index (χ2v) is 30.8. The second-order valence-electron chi connectivity index (χ2n) is 12.8. The number of ether oxygens (including phenoxy) is 4. The molecule has 0 radical (unpaired) electrons. The van der Waals surface area contributed by atoms with E-state index in [1.54, 1.807) is 14.2 Å². The van der Waals surface area contributed by atoms with Crippen LogP contribution >= 0.6 is 0 Å². The Hall–Kier alpha value is -1.20. The van der Waals surface area contributed by atoms with Crippen LogP contribution in [0.4, 0.5) is 0 Å². The third kappa shape index (κ3) is 11.0. The standard InChI is InChI=1S/C25H35O4Si.3C4H9.Sn/c1-9-13-14-19-17-22(26-7)23(27-8)18-20(19)24-21(28-25(5,6)29-24)15-16-30(10-2,11-3)12-4;3*1-3-4-2;/h1,9,13-14,17-18,21,24H,10-12H2,2-8H3;3*1,3-4H2,2H3;/b9-1?,14-13+;;;;/t21-,24-;;;;/m1..../s1. The van der Waals surface area contributed by atoms with E-state index < -0.39 is 32.2 Å². The summed E-state index contributed by atoms with van der Waals surface area (Å²) in [5.74, 6) is 4.27. The van der Waals surface area contributed by atoms with Crippen molar-refractivity contribution in [1.29, 1.82) is 0 Å². The molecule has 0 saturated carbocycles. The van der Waals surface area contributed by atoms with Gasteiger partial charge in [0, 0.05) is 0 Å². The van der Waals surface area contributed by atoms with E-state index in [4.69, 9.17) is 18.9 Å². The Morgan fingerprint density at radius 1 is 0.814 bits per heavy atom. The molecule has 1 aliphatic heterocycles. The van der Waals surface area contributed by atoms with Crippen molar-refractivity contribution in [2.75, 3.05) is 14.2 Å². The molecule has 43 heavy (non-hydrogen) atoms. The molecule has 4 nitrogen and oxygen atoms in total. The monoisotopic (exact) mass is 718 g/mol. The molecule has 1 heterocycles. The molecule has 0 N–H and O–H groups in total. The summed E-state index contributed by atoms with van der Waals surface area (Å²) in [6.07, 6.45) is 14.1. The molecule has 0 spiro atoms. The van der Waals surface area contributed by atoms with Crippen molar-refractivity contribution in [3.05, 3.63) is 39.5 Å². The van der Waals surface area contributed by atoms with Crippen LogP contribution in [0, 0.1) is 11.5 Å². The van der Waals surface area contributed by atoms with Gasteiger partial charge in [-0.3, -0.25) is 0 Å². The first kappa shape index (κ1) is 38.0. The summed E-state index contributed by atoms with van der Waals surface area (Å²) in [6, 6.07) is 7.61. The maximum atomic E-state index is 6.57. The van der Waals surface area contributed by atoms with Crippen molar-refractivity contribution in [3.63, 3.8) is 0 Å². The molecule has 0 amide bonds. The number of methoxy groups -OCH3 is 2. The first-order valence-corrected chi connectivity index (χ1v) is 27.4. The molecule has 0 unspecified atom stereocenters. The van der Waals surface area contributed by atoms with E-state index in [1.165, 1.54) is 51.8 Å². The van der Waals surface area contributed by atoms with E-state index in [-0.39, 0.29) is 12.2 Å². The van der Waals surface area contributed by atoms with E-state index in [9.17, 15) is 0 Å². The Morgan fingerprint density at radius 2 is 1.35 bits per heavy atom. The zero-order chi connectivity index (χ0) is 31.9. The summed E-state index contributed by atoms with van der Waals surface area (Å²) in [6.45, 7) is 17.8. The average molecular weight is 718 g/mol. The number of benzene rings is 1. The number of allylic oxidation sites excluding steroid dienone is 2. The van der Waals surface area contributed by atoms with E-state index >= 15 is 0 Å². The summed E-state index contributed by atoms with van der Waals surface area (Å²) < 4.78 is 31.6. The number of unbranched alkanes of at least 4 members (excludes halogenated alkanes) is 3. The second kappa shape index (κ2) is 18.7. The third-order valence-corrected chi connectivity index (χ3v) is 28.3. The van der Waals surface area contributed by atoms with Gasteiger partial charge in [0.1, 0.15) is 0 Å². The molecule has 1 aromatic carbocycles. The van der Waals surface area contributed by atoms with Crippen LogP contribution in [0.25, 0.3) is 6.08 Å². The van der Waals surface area contributed by atoms with Crippen molar-refractivity contribution in [3.8, 4) is 23.0 Å². The SMILES string of the molecule is CCC[CH2][Sn](/[CH]=C/C=C/c1cc(OC)c(OC)cc1[C@H]1OC(C)(C)O[C@@H]1C#C[Si](CC)(CC)CC)([CH2]CCC)[CH2]CCC. The molecule has 1 aromatic rings. The van der Waals surface area contributed by atoms with Crippen LogP contribution in [0.3, 0.4) is 0 Å². The number of hydrogen-bond donors (Lipinski definition) is 0. The van der Waals surface area contributed by atoms with Crippen LogP contribution in [-0.2, 0) is 9.47 Å². The fourth-order valence-corrected chi connectivity index (χ4v) is 22.9. The van der Waals surface area contributed by atoms with Crippen LogP contribution in [0.2, 0.25) is 31.4 Å². The summed E-state index contributed by atoms with van der Waals surface area (Å²) in [7, 11) is 1.74. The predicted octanol–water partition coefficient (Wildman–Crippen LogP) is 10.9. The van der Waals surface area contributed by atoms with Gasteiger partial charge >= 0.3 is 251 Å². The Morgan fingerprint density at radius 3 is 1.84 bits per heavy atom. The van der Waals surface area contributed by atoms with Gasteiger partial charge in [0.2, 0.25) is 0 Å². The van der Waals surface area contributed by atoms with Crippen LogP contribution in [-0.4, -0.2) is 52.6 Å². The van der Waals surface area contributed by atoms with Crippen LogP contribution in [0.5, 0.6) is 11.5 Å². The first-order valence-electron chi connectivity index (χ1n) is 17.1. The van der Waals surface area contributed by atoms with Gasteiger partial charge in [0.25, 0.3) is 0 Å².